The molecule has 0 aliphatic heterocycles. The minimum absolute atomic E-state index is 0.0435. The third-order valence-electron chi connectivity index (χ3n) is 2.72. The summed E-state index contributed by atoms with van der Waals surface area (Å²) in [5.41, 5.74) is 6.19. The van der Waals surface area contributed by atoms with E-state index in [0.29, 0.717) is 5.56 Å². The Hall–Kier alpha value is -1.34. The van der Waals surface area contributed by atoms with Crippen molar-refractivity contribution in [2.75, 3.05) is 0 Å². The Kier molecular flexibility index (Phi) is 3.96. The van der Waals surface area contributed by atoms with Crippen LogP contribution in [0.4, 0.5) is 8.78 Å². The molecule has 1 heterocycles. The van der Waals surface area contributed by atoms with Crippen molar-refractivity contribution in [1.29, 1.82) is 0 Å². The number of benzene rings is 1. The lowest BCUT2D eigenvalue weighted by Crippen LogP contribution is -2.16. The first-order chi connectivity index (χ1) is 8.91. The topological polar surface area (TPSA) is 64.9 Å². The molecule has 0 amide bonds. The van der Waals surface area contributed by atoms with Crippen LogP contribution in [0, 0.1) is 17.6 Å². The quantitative estimate of drug-likeness (QED) is 0.875. The van der Waals surface area contributed by atoms with Crippen molar-refractivity contribution in [3.63, 3.8) is 0 Å². The maximum Gasteiger partial charge on any atom is 0.244 e. The van der Waals surface area contributed by atoms with Gasteiger partial charge in [0.05, 0.1) is 10.5 Å². The molecule has 0 saturated carbocycles. The van der Waals surface area contributed by atoms with Gasteiger partial charge < -0.3 is 10.3 Å². The first-order valence-corrected chi connectivity index (χ1v) is 6.44. The summed E-state index contributed by atoms with van der Waals surface area (Å²) in [4.78, 5) is 4.11. The third-order valence-corrected chi connectivity index (χ3v) is 3.50. The van der Waals surface area contributed by atoms with Gasteiger partial charge in [-0.05, 0) is 34.0 Å². The van der Waals surface area contributed by atoms with Crippen LogP contribution in [0.3, 0.4) is 0 Å². The highest BCUT2D eigenvalue weighted by Crippen LogP contribution is 2.30. The van der Waals surface area contributed by atoms with Gasteiger partial charge in [-0.1, -0.05) is 19.0 Å². The van der Waals surface area contributed by atoms with Crippen LogP contribution in [0.5, 0.6) is 0 Å². The number of aromatic nitrogens is 2. The smallest absolute Gasteiger partial charge is 0.244 e. The van der Waals surface area contributed by atoms with Crippen LogP contribution in [0.2, 0.25) is 0 Å². The van der Waals surface area contributed by atoms with E-state index in [0.717, 1.165) is 6.07 Å². The fourth-order valence-electron chi connectivity index (χ4n) is 1.46. The average molecular weight is 332 g/mol. The zero-order valence-corrected chi connectivity index (χ0v) is 11.9. The Bertz CT molecular complexity index is 601. The predicted molar refractivity (Wildman–Crippen MR) is 69.1 cm³/mol. The monoisotopic (exact) mass is 331 g/mol. The maximum atomic E-state index is 13.4. The van der Waals surface area contributed by atoms with Crippen LogP contribution >= 0.6 is 15.9 Å². The molecule has 102 valence electrons. The van der Waals surface area contributed by atoms with Crippen molar-refractivity contribution in [1.82, 2.24) is 10.1 Å². The second-order valence-corrected chi connectivity index (χ2v) is 5.24. The molecule has 0 saturated heterocycles. The largest absolute Gasteiger partial charge is 0.337 e. The molecule has 0 spiro atoms. The van der Waals surface area contributed by atoms with E-state index in [1.165, 1.54) is 6.07 Å². The number of nitrogens with two attached hydrogens (primary N) is 1. The highest BCUT2D eigenvalue weighted by atomic mass is 79.9. The standard InChI is InChI=1S/C12H12BrF2N3O/c1-5(2)10(16)12-17-11(18-19-12)6-3-4-7(14)9(15)8(6)13/h3-5,10H,16H2,1-2H3/t10-/m0/s1. The molecule has 1 atom stereocenters. The van der Waals surface area contributed by atoms with Crippen LogP contribution in [0.1, 0.15) is 25.8 Å². The molecule has 0 aliphatic carbocycles. The highest BCUT2D eigenvalue weighted by molar-refractivity contribution is 9.10. The first kappa shape index (κ1) is 14.1. The van der Waals surface area contributed by atoms with E-state index >= 15 is 0 Å². The molecule has 4 nitrogen and oxygen atoms in total. The van der Waals surface area contributed by atoms with E-state index in [1.54, 1.807) is 0 Å². The molecule has 0 fully saturated rings. The van der Waals surface area contributed by atoms with Gasteiger partial charge in [0.1, 0.15) is 0 Å². The van der Waals surface area contributed by atoms with Gasteiger partial charge >= 0.3 is 0 Å². The van der Waals surface area contributed by atoms with Gasteiger partial charge in [0.2, 0.25) is 11.7 Å². The van der Waals surface area contributed by atoms with Crippen molar-refractivity contribution >= 4 is 15.9 Å². The maximum absolute atomic E-state index is 13.4. The lowest BCUT2D eigenvalue weighted by molar-refractivity contribution is 0.325. The van der Waals surface area contributed by atoms with E-state index in [2.05, 4.69) is 26.1 Å². The van der Waals surface area contributed by atoms with Crippen molar-refractivity contribution in [3.05, 3.63) is 34.1 Å². The molecule has 0 unspecified atom stereocenters. The van der Waals surface area contributed by atoms with Crippen LogP contribution < -0.4 is 5.73 Å². The normalized spacial score (nSPS) is 13.0. The molecule has 7 heteroatoms. The van der Waals surface area contributed by atoms with Crippen molar-refractivity contribution < 1.29 is 13.3 Å². The van der Waals surface area contributed by atoms with Crippen molar-refractivity contribution in [3.8, 4) is 11.4 Å². The number of halogens is 3. The predicted octanol–water partition coefficient (Wildman–Crippen LogP) is 3.43. The van der Waals surface area contributed by atoms with E-state index in [1.807, 2.05) is 13.8 Å². The fourth-order valence-corrected chi connectivity index (χ4v) is 1.96. The molecule has 1 aromatic heterocycles. The number of hydrogen-bond acceptors (Lipinski definition) is 4. The first-order valence-electron chi connectivity index (χ1n) is 5.65. The van der Waals surface area contributed by atoms with E-state index in [4.69, 9.17) is 10.3 Å². The molecule has 0 aliphatic rings. The number of nitrogens with zero attached hydrogens (tertiary/aromatic N) is 2. The zero-order chi connectivity index (χ0) is 14.2. The summed E-state index contributed by atoms with van der Waals surface area (Å²) < 4.78 is 31.5. The summed E-state index contributed by atoms with van der Waals surface area (Å²) >= 11 is 2.98. The summed E-state index contributed by atoms with van der Waals surface area (Å²) in [5.74, 6) is -1.38. The van der Waals surface area contributed by atoms with E-state index in [9.17, 15) is 8.78 Å². The van der Waals surface area contributed by atoms with E-state index < -0.39 is 17.7 Å². The van der Waals surface area contributed by atoms with Crippen LogP contribution in [-0.4, -0.2) is 10.1 Å². The minimum Gasteiger partial charge on any atom is -0.337 e. The average Bonchev–Trinajstić information content (AvgIpc) is 2.84. The molecular weight excluding hydrogens is 320 g/mol. The van der Waals surface area contributed by atoms with E-state index in [-0.39, 0.29) is 22.1 Å². The molecule has 2 rings (SSSR count). The second kappa shape index (κ2) is 5.34. The molecule has 0 radical (unpaired) electrons. The van der Waals surface area contributed by atoms with Crippen LogP contribution in [-0.2, 0) is 0 Å². The highest BCUT2D eigenvalue weighted by Gasteiger charge is 2.21. The Labute approximate surface area is 117 Å². The molecule has 1 aromatic carbocycles. The minimum atomic E-state index is -0.989. The summed E-state index contributed by atoms with van der Waals surface area (Å²) in [6.45, 7) is 3.84. The number of hydrogen-bond donors (Lipinski definition) is 1. The van der Waals surface area contributed by atoms with Crippen molar-refractivity contribution in [2.45, 2.75) is 19.9 Å². The van der Waals surface area contributed by atoms with Crippen LogP contribution in [0.15, 0.2) is 21.1 Å². The lowest BCUT2D eigenvalue weighted by Gasteiger charge is -2.09. The van der Waals surface area contributed by atoms with Gasteiger partial charge in [-0.3, -0.25) is 0 Å². The third kappa shape index (κ3) is 2.66. The lowest BCUT2D eigenvalue weighted by atomic mass is 10.1. The van der Waals surface area contributed by atoms with Gasteiger partial charge in [-0.15, -0.1) is 0 Å². The summed E-state index contributed by atoms with van der Waals surface area (Å²) in [5, 5.41) is 3.74. The second-order valence-electron chi connectivity index (χ2n) is 4.45. The summed E-state index contributed by atoms with van der Waals surface area (Å²) in [7, 11) is 0. The van der Waals surface area contributed by atoms with Crippen molar-refractivity contribution in [2.24, 2.45) is 11.7 Å². The summed E-state index contributed by atoms with van der Waals surface area (Å²) in [6, 6.07) is 1.98. The molecule has 0 bridgehead atoms. The van der Waals surface area contributed by atoms with Gasteiger partial charge in [0.25, 0.3) is 0 Å². The van der Waals surface area contributed by atoms with Gasteiger partial charge in [0, 0.05) is 5.56 Å². The van der Waals surface area contributed by atoms with Gasteiger partial charge in [-0.25, -0.2) is 8.78 Å². The van der Waals surface area contributed by atoms with Gasteiger partial charge in [0.15, 0.2) is 11.6 Å². The molecular formula is C12H12BrF2N3O. The SMILES string of the molecule is CC(C)[C@H](N)c1nc(-c2ccc(F)c(F)c2Br)no1. The molecule has 2 aromatic rings. The molecule has 2 N–H and O–H groups in total. The number of rotatable bonds is 3. The Balaban J connectivity index is 2.41. The molecule has 19 heavy (non-hydrogen) atoms. The summed E-state index contributed by atoms with van der Waals surface area (Å²) in [6.07, 6.45) is 0. The Morgan fingerprint density at radius 1 is 1.32 bits per heavy atom. The zero-order valence-electron chi connectivity index (χ0n) is 10.3. The fraction of sp³-hybridized carbons (Fsp3) is 0.333. The van der Waals surface area contributed by atoms with Gasteiger partial charge in [-0.2, -0.15) is 4.98 Å². The van der Waals surface area contributed by atoms with Crippen LogP contribution in [0.25, 0.3) is 11.4 Å². The Morgan fingerprint density at radius 2 is 2.00 bits per heavy atom. The Morgan fingerprint density at radius 3 is 2.63 bits per heavy atom.